The maximum Gasteiger partial charge on any atom is 0.347 e. The van der Waals surface area contributed by atoms with Crippen LogP contribution in [-0.4, -0.2) is 10.1 Å². The molecule has 0 fully saturated rings. The van der Waals surface area contributed by atoms with Gasteiger partial charge in [0.15, 0.2) is 5.82 Å². The Hall–Kier alpha value is -1.72. The van der Waals surface area contributed by atoms with E-state index in [2.05, 4.69) is 4.98 Å². The van der Waals surface area contributed by atoms with Crippen molar-refractivity contribution in [3.8, 4) is 5.88 Å². The van der Waals surface area contributed by atoms with Gasteiger partial charge in [-0.1, -0.05) is 4.98 Å². The molecule has 0 aliphatic carbocycles. The number of rotatable bonds is 0. The fourth-order valence-electron chi connectivity index (χ4n) is 0.518. The Bertz CT molecular complexity index is 238. The van der Waals surface area contributed by atoms with Gasteiger partial charge in [-0.25, -0.2) is 4.73 Å². The van der Waals surface area contributed by atoms with Crippen LogP contribution >= 0.6 is 0 Å². The van der Waals surface area contributed by atoms with Gasteiger partial charge in [-0.2, -0.15) is 0 Å². The van der Waals surface area contributed by atoms with Crippen LogP contribution in [0.5, 0.6) is 5.88 Å². The third-order valence-electron chi connectivity index (χ3n) is 0.949. The van der Waals surface area contributed by atoms with E-state index in [1.807, 2.05) is 0 Å². The predicted molar refractivity (Wildman–Crippen MR) is 33.7 cm³/mol. The molecule has 0 radical (unpaired) electrons. The number of nitrogens with two attached hydrogens (primary N) is 2. The number of anilines is 2. The second kappa shape index (κ2) is 1.90. The lowest BCUT2D eigenvalue weighted by Gasteiger charge is -2.07. The summed E-state index contributed by atoms with van der Waals surface area (Å²) in [4.78, 5) is 3.24. The summed E-state index contributed by atoms with van der Waals surface area (Å²) in [5.41, 5.74) is 10.1. The van der Waals surface area contributed by atoms with E-state index in [4.69, 9.17) is 16.6 Å². The van der Waals surface area contributed by atoms with Gasteiger partial charge in [0.2, 0.25) is 0 Å². The summed E-state index contributed by atoms with van der Waals surface area (Å²) in [6, 6.07) is 1.02. The average Bonchev–Trinajstić information content (AvgIpc) is 1.82. The van der Waals surface area contributed by atoms with Crippen LogP contribution in [0.1, 0.15) is 0 Å². The normalized spacial score (nSPS) is 9.60. The summed E-state index contributed by atoms with van der Waals surface area (Å²) in [7, 11) is 0. The molecule has 6 heteroatoms. The molecular formula is C4H6N4O2. The summed E-state index contributed by atoms with van der Waals surface area (Å²) >= 11 is 0. The molecule has 5 N–H and O–H groups in total. The summed E-state index contributed by atoms with van der Waals surface area (Å²) in [6.45, 7) is 0. The van der Waals surface area contributed by atoms with E-state index in [1.54, 1.807) is 0 Å². The van der Waals surface area contributed by atoms with Crippen molar-refractivity contribution >= 4 is 11.8 Å². The summed E-state index contributed by atoms with van der Waals surface area (Å²) in [5.74, 6) is -0.899. The molecule has 0 atom stereocenters. The molecule has 0 unspecified atom stereocenters. The molecule has 0 saturated carbocycles. The van der Waals surface area contributed by atoms with Gasteiger partial charge >= 0.3 is 5.95 Å². The zero-order chi connectivity index (χ0) is 7.72. The van der Waals surface area contributed by atoms with Gasteiger partial charge in [0.25, 0.3) is 5.88 Å². The third-order valence-corrected chi connectivity index (χ3v) is 0.949. The number of nitrogens with zero attached hydrogens (tertiary/aromatic N) is 2. The van der Waals surface area contributed by atoms with Crippen molar-refractivity contribution in [2.45, 2.75) is 0 Å². The van der Waals surface area contributed by atoms with Crippen LogP contribution in [0.2, 0.25) is 0 Å². The van der Waals surface area contributed by atoms with Crippen LogP contribution in [-0.2, 0) is 0 Å². The van der Waals surface area contributed by atoms with E-state index in [0.717, 1.165) is 6.07 Å². The van der Waals surface area contributed by atoms with Crippen molar-refractivity contribution in [2.24, 2.45) is 0 Å². The van der Waals surface area contributed by atoms with Gasteiger partial charge in [0.1, 0.15) is 0 Å². The van der Waals surface area contributed by atoms with E-state index in [-0.39, 0.29) is 22.4 Å². The Morgan fingerprint density at radius 3 is 2.70 bits per heavy atom. The van der Waals surface area contributed by atoms with E-state index >= 15 is 0 Å². The Morgan fingerprint density at radius 1 is 1.60 bits per heavy atom. The standard InChI is InChI=1S/C4H6N4O2/c5-2-1-3(9)7-4(6)8(2)10/h1H,5H2,(H3,6,7,9). The minimum atomic E-state index is -0.363. The van der Waals surface area contributed by atoms with Crippen LogP contribution in [0.4, 0.5) is 11.8 Å². The van der Waals surface area contributed by atoms with Crippen molar-refractivity contribution in [3.63, 3.8) is 0 Å². The number of nitrogen functional groups attached to an aromatic ring is 2. The summed E-state index contributed by atoms with van der Waals surface area (Å²) in [6.07, 6.45) is 0. The lowest BCUT2D eigenvalue weighted by molar-refractivity contribution is -0.577. The van der Waals surface area contributed by atoms with Crippen molar-refractivity contribution in [1.82, 2.24) is 4.98 Å². The second-order valence-electron chi connectivity index (χ2n) is 1.69. The van der Waals surface area contributed by atoms with Crippen molar-refractivity contribution < 1.29 is 9.84 Å². The monoisotopic (exact) mass is 142 g/mol. The third kappa shape index (κ3) is 0.859. The molecule has 6 nitrogen and oxygen atoms in total. The van der Waals surface area contributed by atoms with E-state index < -0.39 is 0 Å². The first kappa shape index (κ1) is 6.40. The van der Waals surface area contributed by atoms with Crippen LogP contribution in [0.15, 0.2) is 6.07 Å². The van der Waals surface area contributed by atoms with Gasteiger partial charge < -0.3 is 21.8 Å². The number of hydrogen-bond donors (Lipinski definition) is 3. The first-order valence-corrected chi connectivity index (χ1v) is 2.46. The number of hydrogen-bond acceptors (Lipinski definition) is 5. The molecule has 0 spiro atoms. The highest BCUT2D eigenvalue weighted by Gasteiger charge is 2.04. The lowest BCUT2D eigenvalue weighted by atomic mass is 10.6. The molecular weight excluding hydrogens is 136 g/mol. The van der Waals surface area contributed by atoms with Crippen LogP contribution < -0.4 is 16.2 Å². The predicted octanol–water partition coefficient (Wildman–Crippen LogP) is -1.41. The van der Waals surface area contributed by atoms with E-state index in [1.165, 1.54) is 0 Å². The van der Waals surface area contributed by atoms with Gasteiger partial charge in [0.05, 0.1) is 6.07 Å². The highest BCUT2D eigenvalue weighted by Crippen LogP contribution is 2.06. The van der Waals surface area contributed by atoms with Crippen molar-refractivity contribution in [1.29, 1.82) is 0 Å². The van der Waals surface area contributed by atoms with Crippen LogP contribution in [0, 0.1) is 5.21 Å². The fraction of sp³-hybridized carbons (Fsp3) is 0. The topological polar surface area (TPSA) is 112 Å². The van der Waals surface area contributed by atoms with E-state index in [0.29, 0.717) is 0 Å². The van der Waals surface area contributed by atoms with Gasteiger partial charge in [-0.05, 0) is 0 Å². The summed E-state index contributed by atoms with van der Waals surface area (Å²) < 4.78 is 0.222. The van der Waals surface area contributed by atoms with Crippen LogP contribution in [0.3, 0.4) is 0 Å². The maximum atomic E-state index is 10.6. The minimum Gasteiger partial charge on any atom is -0.754 e. The highest BCUT2D eigenvalue weighted by atomic mass is 16.5. The Labute approximate surface area is 56.3 Å². The highest BCUT2D eigenvalue weighted by molar-refractivity contribution is 5.30. The van der Waals surface area contributed by atoms with Crippen LogP contribution in [0.25, 0.3) is 0 Å². The molecule has 0 aliphatic rings. The Kier molecular flexibility index (Phi) is 1.22. The van der Waals surface area contributed by atoms with E-state index in [9.17, 15) is 5.21 Å². The van der Waals surface area contributed by atoms with Gasteiger partial charge in [-0.15, -0.1) is 0 Å². The molecule has 1 heterocycles. The van der Waals surface area contributed by atoms with Gasteiger partial charge in [-0.3, -0.25) is 0 Å². The molecule has 1 rings (SSSR count). The largest absolute Gasteiger partial charge is 0.754 e. The zero-order valence-electron chi connectivity index (χ0n) is 4.98. The Morgan fingerprint density at radius 2 is 2.20 bits per heavy atom. The zero-order valence-corrected chi connectivity index (χ0v) is 4.98. The molecule has 1 aromatic rings. The first-order valence-electron chi connectivity index (χ1n) is 2.46. The fourth-order valence-corrected chi connectivity index (χ4v) is 0.518. The number of aromatic nitrogens is 2. The van der Waals surface area contributed by atoms with Crippen molar-refractivity contribution in [2.75, 3.05) is 11.5 Å². The second-order valence-corrected chi connectivity index (χ2v) is 1.69. The quantitative estimate of drug-likeness (QED) is 0.304. The molecule has 0 bridgehead atoms. The molecule has 0 saturated heterocycles. The molecule has 0 aromatic carbocycles. The summed E-state index contributed by atoms with van der Waals surface area (Å²) in [5, 5.41) is 19.3. The molecule has 0 aliphatic heterocycles. The number of aromatic hydroxyl groups is 1. The molecule has 1 aromatic heterocycles. The van der Waals surface area contributed by atoms with Crippen molar-refractivity contribution in [3.05, 3.63) is 11.3 Å². The average molecular weight is 142 g/mol. The minimum absolute atomic E-state index is 0.176. The molecule has 10 heavy (non-hydrogen) atoms. The first-order chi connectivity index (χ1) is 4.61. The maximum absolute atomic E-state index is 10.6. The van der Waals surface area contributed by atoms with Gasteiger partial charge in [0, 0.05) is 0 Å². The lowest BCUT2D eigenvalue weighted by Crippen LogP contribution is -2.34. The Balaban J connectivity index is 3.31. The SMILES string of the molecule is Nc1cc(O)nc(N)[n+]1[O-]. The molecule has 54 valence electrons. The molecule has 0 amide bonds. The smallest absolute Gasteiger partial charge is 0.347 e.